The first-order valence-corrected chi connectivity index (χ1v) is 6.06. The fourth-order valence-corrected chi connectivity index (χ4v) is 1.78. The van der Waals surface area contributed by atoms with Gasteiger partial charge in [0.15, 0.2) is 0 Å². The van der Waals surface area contributed by atoms with Crippen molar-refractivity contribution < 1.29 is 4.42 Å². The van der Waals surface area contributed by atoms with E-state index in [1.54, 1.807) is 6.26 Å². The number of H-pyrrole nitrogens is 1. The van der Waals surface area contributed by atoms with E-state index >= 15 is 0 Å². The molecule has 2 aromatic rings. The molecule has 18 heavy (non-hydrogen) atoms. The minimum atomic E-state index is -0.130. The van der Waals surface area contributed by atoms with Crippen molar-refractivity contribution in [3.8, 4) is 0 Å². The Hall–Kier alpha value is -2.04. The molecule has 0 radical (unpaired) electrons. The number of aryl methyl sites for hydroxylation is 1. The molecule has 2 heterocycles. The fourth-order valence-electron chi connectivity index (χ4n) is 1.78. The van der Waals surface area contributed by atoms with Gasteiger partial charge in [0.2, 0.25) is 0 Å². The van der Waals surface area contributed by atoms with Crippen LogP contribution < -0.4 is 10.9 Å². The number of anilines is 1. The highest BCUT2D eigenvalue weighted by Gasteiger charge is 2.07. The van der Waals surface area contributed by atoms with Gasteiger partial charge in [0.25, 0.3) is 5.56 Å². The maximum Gasteiger partial charge on any atom is 0.252 e. The molecule has 0 aliphatic heterocycles. The summed E-state index contributed by atoms with van der Waals surface area (Å²) < 4.78 is 5.28. The Morgan fingerprint density at radius 2 is 2.39 bits per heavy atom. The summed E-state index contributed by atoms with van der Waals surface area (Å²) in [5, 5.41) is 3.20. The van der Waals surface area contributed by atoms with E-state index in [1.165, 1.54) is 6.07 Å². The van der Waals surface area contributed by atoms with E-state index < -0.39 is 0 Å². The van der Waals surface area contributed by atoms with Crippen LogP contribution >= 0.6 is 0 Å². The van der Waals surface area contributed by atoms with E-state index in [0.717, 1.165) is 12.2 Å². The zero-order chi connectivity index (χ0) is 13.0. The molecule has 0 bridgehead atoms. The average Bonchev–Trinajstić information content (AvgIpc) is 2.80. The Morgan fingerprint density at radius 3 is 3.06 bits per heavy atom. The van der Waals surface area contributed by atoms with Crippen LogP contribution in [0.5, 0.6) is 0 Å². The monoisotopic (exact) mass is 247 g/mol. The Balaban J connectivity index is 2.04. The third kappa shape index (κ3) is 3.23. The maximum absolute atomic E-state index is 11.4. The molecule has 0 spiro atoms. The molecule has 2 aromatic heterocycles. The molecule has 0 aromatic carbocycles. The smallest absolute Gasteiger partial charge is 0.252 e. The number of furan rings is 1. The van der Waals surface area contributed by atoms with Crippen LogP contribution in [-0.4, -0.2) is 16.0 Å². The Labute approximate surface area is 105 Å². The summed E-state index contributed by atoms with van der Waals surface area (Å²) in [6.07, 6.45) is 3.11. The summed E-state index contributed by atoms with van der Waals surface area (Å²) in [6, 6.07) is 5.41. The standard InChI is InChI=1S/C13H17N3O2/c1-3-11-15-12(8-13(17)16-11)14-9(2)7-10-5-4-6-18-10/h4-6,8-9H,3,7H2,1-2H3,(H2,14,15,16,17). The van der Waals surface area contributed by atoms with Crippen LogP contribution in [0.2, 0.25) is 0 Å². The van der Waals surface area contributed by atoms with E-state index in [0.29, 0.717) is 18.1 Å². The molecule has 0 saturated carbocycles. The van der Waals surface area contributed by atoms with Crippen LogP contribution in [0.3, 0.4) is 0 Å². The molecule has 2 N–H and O–H groups in total. The van der Waals surface area contributed by atoms with Crippen LogP contribution in [-0.2, 0) is 12.8 Å². The van der Waals surface area contributed by atoms with E-state index in [2.05, 4.69) is 15.3 Å². The van der Waals surface area contributed by atoms with Gasteiger partial charge in [0.1, 0.15) is 17.4 Å². The van der Waals surface area contributed by atoms with Crippen LogP contribution in [0.4, 0.5) is 5.82 Å². The van der Waals surface area contributed by atoms with Gasteiger partial charge in [0, 0.05) is 24.9 Å². The van der Waals surface area contributed by atoms with Crippen molar-refractivity contribution in [2.24, 2.45) is 0 Å². The first-order chi connectivity index (χ1) is 8.67. The topological polar surface area (TPSA) is 70.9 Å². The second-order valence-electron chi connectivity index (χ2n) is 4.26. The molecule has 1 atom stereocenters. The lowest BCUT2D eigenvalue weighted by Crippen LogP contribution is -2.21. The highest BCUT2D eigenvalue weighted by atomic mass is 16.3. The first kappa shape index (κ1) is 12.4. The number of rotatable bonds is 5. The number of hydrogen-bond acceptors (Lipinski definition) is 4. The molecule has 0 saturated heterocycles. The number of hydrogen-bond donors (Lipinski definition) is 2. The van der Waals surface area contributed by atoms with Gasteiger partial charge >= 0.3 is 0 Å². The molecule has 5 nitrogen and oxygen atoms in total. The Bertz CT molecular complexity index is 546. The van der Waals surface area contributed by atoms with Gasteiger partial charge in [-0.3, -0.25) is 4.79 Å². The molecule has 5 heteroatoms. The average molecular weight is 247 g/mol. The van der Waals surface area contributed by atoms with E-state index in [9.17, 15) is 4.79 Å². The normalized spacial score (nSPS) is 12.3. The second-order valence-corrected chi connectivity index (χ2v) is 4.26. The largest absolute Gasteiger partial charge is 0.469 e. The predicted octanol–water partition coefficient (Wildman–Crippen LogP) is 1.97. The van der Waals surface area contributed by atoms with E-state index in [1.807, 2.05) is 26.0 Å². The molecule has 0 aliphatic rings. The SMILES string of the molecule is CCc1nc(NC(C)Cc2ccco2)cc(=O)[nH]1. The van der Waals surface area contributed by atoms with Crippen LogP contribution in [0.15, 0.2) is 33.7 Å². The van der Waals surface area contributed by atoms with Gasteiger partial charge in [-0.25, -0.2) is 4.98 Å². The quantitative estimate of drug-likeness (QED) is 0.847. The van der Waals surface area contributed by atoms with Gasteiger partial charge in [-0.15, -0.1) is 0 Å². The summed E-state index contributed by atoms with van der Waals surface area (Å²) in [5.41, 5.74) is -0.130. The highest BCUT2D eigenvalue weighted by molar-refractivity contribution is 5.34. The van der Waals surface area contributed by atoms with Crippen molar-refractivity contribution in [3.05, 3.63) is 46.4 Å². The number of nitrogens with one attached hydrogen (secondary N) is 2. The zero-order valence-corrected chi connectivity index (χ0v) is 10.6. The minimum absolute atomic E-state index is 0.130. The summed E-state index contributed by atoms with van der Waals surface area (Å²) in [7, 11) is 0. The highest BCUT2D eigenvalue weighted by Crippen LogP contribution is 2.08. The van der Waals surface area contributed by atoms with E-state index in [-0.39, 0.29) is 11.6 Å². The van der Waals surface area contributed by atoms with Crippen molar-refractivity contribution in [2.45, 2.75) is 32.7 Å². The molecule has 0 amide bonds. The molecule has 0 fully saturated rings. The Morgan fingerprint density at radius 1 is 1.56 bits per heavy atom. The van der Waals surface area contributed by atoms with Crippen molar-refractivity contribution in [3.63, 3.8) is 0 Å². The lowest BCUT2D eigenvalue weighted by atomic mass is 10.2. The van der Waals surface area contributed by atoms with Gasteiger partial charge in [-0.05, 0) is 19.1 Å². The number of aromatic amines is 1. The molecule has 1 unspecified atom stereocenters. The third-order valence-electron chi connectivity index (χ3n) is 2.61. The fraction of sp³-hybridized carbons (Fsp3) is 0.385. The summed E-state index contributed by atoms with van der Waals surface area (Å²) in [4.78, 5) is 18.4. The van der Waals surface area contributed by atoms with Gasteiger partial charge < -0.3 is 14.7 Å². The van der Waals surface area contributed by atoms with Gasteiger partial charge in [-0.2, -0.15) is 0 Å². The first-order valence-electron chi connectivity index (χ1n) is 6.06. The molecular weight excluding hydrogens is 230 g/mol. The van der Waals surface area contributed by atoms with Gasteiger partial charge in [-0.1, -0.05) is 6.92 Å². The van der Waals surface area contributed by atoms with Crippen LogP contribution in [0, 0.1) is 0 Å². The number of aromatic nitrogens is 2. The number of nitrogens with zero attached hydrogens (tertiary/aromatic N) is 1. The molecule has 96 valence electrons. The summed E-state index contributed by atoms with van der Waals surface area (Å²) >= 11 is 0. The third-order valence-corrected chi connectivity index (χ3v) is 2.61. The molecule has 2 rings (SSSR count). The zero-order valence-electron chi connectivity index (χ0n) is 10.6. The second kappa shape index (κ2) is 5.53. The lowest BCUT2D eigenvalue weighted by molar-refractivity contribution is 0.497. The van der Waals surface area contributed by atoms with Crippen molar-refractivity contribution >= 4 is 5.82 Å². The summed E-state index contributed by atoms with van der Waals surface area (Å²) in [5.74, 6) is 2.21. The van der Waals surface area contributed by atoms with Crippen molar-refractivity contribution in [1.29, 1.82) is 0 Å². The minimum Gasteiger partial charge on any atom is -0.469 e. The van der Waals surface area contributed by atoms with Gasteiger partial charge in [0.05, 0.1) is 6.26 Å². The molecular formula is C13H17N3O2. The maximum atomic E-state index is 11.4. The van der Waals surface area contributed by atoms with E-state index in [4.69, 9.17) is 4.42 Å². The predicted molar refractivity (Wildman–Crippen MR) is 69.7 cm³/mol. The summed E-state index contributed by atoms with van der Waals surface area (Å²) in [6.45, 7) is 3.98. The lowest BCUT2D eigenvalue weighted by Gasteiger charge is -2.13. The Kier molecular flexibility index (Phi) is 3.82. The van der Waals surface area contributed by atoms with Crippen LogP contribution in [0.1, 0.15) is 25.4 Å². The molecule has 0 aliphatic carbocycles. The van der Waals surface area contributed by atoms with Crippen LogP contribution in [0.25, 0.3) is 0 Å². The van der Waals surface area contributed by atoms with Crippen molar-refractivity contribution in [1.82, 2.24) is 9.97 Å². The van der Waals surface area contributed by atoms with Crippen molar-refractivity contribution in [2.75, 3.05) is 5.32 Å².